The maximum atomic E-state index is 13.3. The minimum absolute atomic E-state index is 0.0391. The van der Waals surface area contributed by atoms with Crippen molar-refractivity contribution in [1.29, 1.82) is 0 Å². The Kier molecular flexibility index (Phi) is 6.60. The Bertz CT molecular complexity index is 806. The fraction of sp³-hybridized carbons (Fsp3) is 0.609. The standard InChI is InChI=1S/C23H33N3O3/c1-14(2)10-18-13-26(20(11-15(3)4)22(27)24-18)23(28)21-12-19(25-29-21)17-8-6-16(5)7-9-17/h6,8-9,12,14-16,18,20H,7,10-11,13H2,1-5H3,(H,24,27). The van der Waals surface area contributed by atoms with Crippen molar-refractivity contribution < 1.29 is 14.1 Å². The molecule has 1 aliphatic heterocycles. The number of carbonyl (C=O) groups is 2. The number of piperazine rings is 1. The molecule has 158 valence electrons. The molecule has 6 nitrogen and oxygen atoms in total. The summed E-state index contributed by atoms with van der Waals surface area (Å²) in [7, 11) is 0. The highest BCUT2D eigenvalue weighted by Gasteiger charge is 2.39. The van der Waals surface area contributed by atoms with E-state index in [9.17, 15) is 9.59 Å². The fourth-order valence-electron chi connectivity index (χ4n) is 4.03. The number of hydrogen-bond acceptors (Lipinski definition) is 4. The van der Waals surface area contributed by atoms with Gasteiger partial charge in [0.25, 0.3) is 5.91 Å². The molecule has 0 bridgehead atoms. The predicted molar refractivity (Wildman–Crippen MR) is 113 cm³/mol. The van der Waals surface area contributed by atoms with Crippen LogP contribution in [0.3, 0.4) is 0 Å². The molecule has 1 fully saturated rings. The zero-order valence-electron chi connectivity index (χ0n) is 18.1. The summed E-state index contributed by atoms with van der Waals surface area (Å²) in [6, 6.07) is 1.18. The first-order valence-electron chi connectivity index (χ1n) is 10.7. The number of nitrogens with one attached hydrogen (secondary N) is 1. The van der Waals surface area contributed by atoms with Crippen molar-refractivity contribution in [2.24, 2.45) is 17.8 Å². The second kappa shape index (κ2) is 8.97. The molecule has 1 N–H and O–H groups in total. The highest BCUT2D eigenvalue weighted by Crippen LogP contribution is 2.26. The maximum Gasteiger partial charge on any atom is 0.293 e. The highest BCUT2D eigenvalue weighted by atomic mass is 16.5. The minimum Gasteiger partial charge on any atom is -0.350 e. The molecule has 0 spiro atoms. The van der Waals surface area contributed by atoms with Crippen molar-refractivity contribution in [3.8, 4) is 0 Å². The molecule has 6 heteroatoms. The van der Waals surface area contributed by atoms with E-state index in [2.05, 4.69) is 57.2 Å². The summed E-state index contributed by atoms with van der Waals surface area (Å²) in [5.74, 6) is 1.10. The third kappa shape index (κ3) is 5.17. The lowest BCUT2D eigenvalue weighted by molar-refractivity contribution is -0.130. The van der Waals surface area contributed by atoms with Crippen LogP contribution in [0.15, 0.2) is 28.8 Å². The second-order valence-electron chi connectivity index (χ2n) is 9.25. The third-order valence-electron chi connectivity index (χ3n) is 5.48. The number of allylic oxidation sites excluding steroid dienone is 4. The first-order valence-corrected chi connectivity index (χ1v) is 10.7. The van der Waals surface area contributed by atoms with E-state index in [4.69, 9.17) is 4.52 Å². The van der Waals surface area contributed by atoms with Gasteiger partial charge in [-0.1, -0.05) is 58.0 Å². The lowest BCUT2D eigenvalue weighted by Gasteiger charge is -2.40. The van der Waals surface area contributed by atoms with Crippen molar-refractivity contribution in [3.63, 3.8) is 0 Å². The van der Waals surface area contributed by atoms with Crippen molar-refractivity contribution in [2.45, 2.75) is 66.0 Å². The summed E-state index contributed by atoms with van der Waals surface area (Å²) in [5.41, 5.74) is 1.64. The van der Waals surface area contributed by atoms with Gasteiger partial charge in [0.1, 0.15) is 11.7 Å². The Balaban J connectivity index is 1.81. The lowest BCUT2D eigenvalue weighted by Crippen LogP contribution is -2.62. The number of aromatic nitrogens is 1. The summed E-state index contributed by atoms with van der Waals surface area (Å²) < 4.78 is 5.42. The Labute approximate surface area is 173 Å². The van der Waals surface area contributed by atoms with E-state index in [0.717, 1.165) is 18.4 Å². The second-order valence-corrected chi connectivity index (χ2v) is 9.25. The summed E-state index contributed by atoms with van der Waals surface area (Å²) in [5, 5.41) is 7.21. The van der Waals surface area contributed by atoms with Crippen LogP contribution in [-0.4, -0.2) is 40.5 Å². The molecule has 1 aromatic heterocycles. The number of nitrogens with zero attached hydrogens (tertiary/aromatic N) is 2. The van der Waals surface area contributed by atoms with Gasteiger partial charge in [-0.2, -0.15) is 0 Å². The van der Waals surface area contributed by atoms with Gasteiger partial charge >= 0.3 is 0 Å². The molecule has 1 saturated heterocycles. The molecule has 1 aromatic rings. The van der Waals surface area contributed by atoms with Crippen LogP contribution in [0.5, 0.6) is 0 Å². The zero-order chi connectivity index (χ0) is 21.1. The largest absolute Gasteiger partial charge is 0.350 e. The summed E-state index contributed by atoms with van der Waals surface area (Å²) in [6.45, 7) is 11.0. The molecule has 1 aliphatic carbocycles. The molecule has 29 heavy (non-hydrogen) atoms. The molecular formula is C23H33N3O3. The van der Waals surface area contributed by atoms with Gasteiger partial charge in [0.2, 0.25) is 11.7 Å². The molecule has 3 unspecified atom stereocenters. The first kappa shape index (κ1) is 21.3. The average Bonchev–Trinajstić information content (AvgIpc) is 3.13. The molecule has 0 saturated carbocycles. The van der Waals surface area contributed by atoms with E-state index in [1.165, 1.54) is 0 Å². The average molecular weight is 400 g/mol. The van der Waals surface area contributed by atoms with Crippen LogP contribution in [-0.2, 0) is 4.79 Å². The number of amides is 2. The lowest BCUT2D eigenvalue weighted by atomic mass is 9.94. The van der Waals surface area contributed by atoms with E-state index in [1.54, 1.807) is 11.0 Å². The van der Waals surface area contributed by atoms with Crippen LogP contribution < -0.4 is 5.32 Å². The molecule has 0 aromatic carbocycles. The van der Waals surface area contributed by atoms with E-state index >= 15 is 0 Å². The Morgan fingerprint density at radius 1 is 1.28 bits per heavy atom. The van der Waals surface area contributed by atoms with Gasteiger partial charge in [-0.05, 0) is 42.6 Å². The first-order chi connectivity index (χ1) is 13.7. The van der Waals surface area contributed by atoms with Gasteiger partial charge in [0, 0.05) is 18.7 Å². The SMILES string of the molecule is CC(C)CC1CN(C(=O)c2cc(C3=CCC(C)C=C3)no2)C(CC(C)C)C(=O)N1. The summed E-state index contributed by atoms with van der Waals surface area (Å²) >= 11 is 0. The van der Waals surface area contributed by atoms with Gasteiger partial charge in [0.05, 0.1) is 0 Å². The third-order valence-corrected chi connectivity index (χ3v) is 5.48. The van der Waals surface area contributed by atoms with E-state index < -0.39 is 6.04 Å². The normalized spacial score (nSPS) is 24.8. The molecule has 0 radical (unpaired) electrons. The molecule has 3 rings (SSSR count). The quantitative estimate of drug-likeness (QED) is 0.783. The van der Waals surface area contributed by atoms with Crippen LogP contribution in [0.2, 0.25) is 0 Å². The minimum atomic E-state index is -0.478. The van der Waals surface area contributed by atoms with Crippen molar-refractivity contribution in [1.82, 2.24) is 15.4 Å². The zero-order valence-corrected chi connectivity index (χ0v) is 18.1. The Morgan fingerprint density at radius 3 is 2.62 bits per heavy atom. The van der Waals surface area contributed by atoms with Crippen LogP contribution in [0.25, 0.3) is 5.57 Å². The van der Waals surface area contributed by atoms with Crippen LogP contribution in [0.1, 0.15) is 70.1 Å². The van der Waals surface area contributed by atoms with Crippen molar-refractivity contribution in [3.05, 3.63) is 35.7 Å². The van der Waals surface area contributed by atoms with Crippen LogP contribution in [0.4, 0.5) is 0 Å². The fourth-order valence-corrected chi connectivity index (χ4v) is 4.03. The van der Waals surface area contributed by atoms with Crippen LogP contribution >= 0.6 is 0 Å². The van der Waals surface area contributed by atoms with Crippen LogP contribution in [0, 0.1) is 17.8 Å². The van der Waals surface area contributed by atoms with Gasteiger partial charge in [0.15, 0.2) is 0 Å². The molecular weight excluding hydrogens is 366 g/mol. The Hall–Kier alpha value is -2.37. The van der Waals surface area contributed by atoms with Gasteiger partial charge in [-0.15, -0.1) is 0 Å². The number of carbonyl (C=O) groups excluding carboxylic acids is 2. The molecule has 2 amide bonds. The van der Waals surface area contributed by atoms with Crippen molar-refractivity contribution >= 4 is 17.4 Å². The molecule has 2 heterocycles. The van der Waals surface area contributed by atoms with E-state index in [1.807, 2.05) is 6.08 Å². The van der Waals surface area contributed by atoms with E-state index in [-0.39, 0.29) is 23.6 Å². The van der Waals surface area contributed by atoms with Gasteiger partial charge in [-0.3, -0.25) is 9.59 Å². The monoisotopic (exact) mass is 399 g/mol. The summed E-state index contributed by atoms with van der Waals surface area (Å²) in [4.78, 5) is 27.8. The smallest absolute Gasteiger partial charge is 0.293 e. The molecule has 3 atom stereocenters. The molecule has 2 aliphatic rings. The maximum absolute atomic E-state index is 13.3. The summed E-state index contributed by atoms with van der Waals surface area (Å²) in [6.07, 6.45) is 8.68. The Morgan fingerprint density at radius 2 is 2.00 bits per heavy atom. The number of hydrogen-bond donors (Lipinski definition) is 1. The van der Waals surface area contributed by atoms with Gasteiger partial charge < -0.3 is 14.7 Å². The topological polar surface area (TPSA) is 75.4 Å². The highest BCUT2D eigenvalue weighted by molar-refractivity contribution is 5.97. The van der Waals surface area contributed by atoms with Crippen molar-refractivity contribution in [2.75, 3.05) is 6.54 Å². The van der Waals surface area contributed by atoms with Gasteiger partial charge in [-0.25, -0.2) is 0 Å². The number of rotatable bonds is 6. The van der Waals surface area contributed by atoms with E-state index in [0.29, 0.717) is 36.4 Å². The predicted octanol–water partition coefficient (Wildman–Crippen LogP) is 4.06.